The van der Waals surface area contributed by atoms with Crippen molar-refractivity contribution in [2.24, 2.45) is 10.7 Å². The molecule has 1 aliphatic rings. The molecule has 2 rings (SSSR count). The first-order chi connectivity index (χ1) is 11.4. The largest absolute Gasteiger partial charge is 0.534 e. The number of nitrogens with two attached hydrogens (primary N) is 1. The Morgan fingerprint density at radius 3 is 2.48 bits per heavy atom. The molecule has 0 unspecified atom stereocenters. The van der Waals surface area contributed by atoms with E-state index in [1.807, 2.05) is 0 Å². The Labute approximate surface area is 139 Å². The lowest BCUT2D eigenvalue weighted by Crippen LogP contribution is -2.28. The number of hydrogen-bond donors (Lipinski definition) is 2. The van der Waals surface area contributed by atoms with Gasteiger partial charge in [-0.15, -0.1) is 0 Å². The first kappa shape index (κ1) is 18.6. The number of ether oxygens (including phenoxy) is 1. The van der Waals surface area contributed by atoms with Crippen LogP contribution in [0.1, 0.15) is 12.0 Å². The van der Waals surface area contributed by atoms with Crippen LogP contribution >= 0.6 is 0 Å². The van der Waals surface area contributed by atoms with Gasteiger partial charge < -0.3 is 19.8 Å². The Morgan fingerprint density at radius 1 is 1.32 bits per heavy atom. The van der Waals surface area contributed by atoms with Gasteiger partial charge in [0.15, 0.2) is 11.5 Å². The zero-order valence-electron chi connectivity index (χ0n) is 12.5. The van der Waals surface area contributed by atoms with Gasteiger partial charge in [0.05, 0.1) is 12.8 Å². The molecule has 0 fully saturated rings. The highest BCUT2D eigenvalue weighted by Crippen LogP contribution is 2.39. The smallest absolute Gasteiger partial charge is 0.493 e. The lowest BCUT2D eigenvalue weighted by molar-refractivity contribution is -0.132. The van der Waals surface area contributed by atoms with Crippen LogP contribution in [-0.4, -0.2) is 37.9 Å². The lowest BCUT2D eigenvalue weighted by atomic mass is 10.1. The van der Waals surface area contributed by atoms with Gasteiger partial charge in [-0.25, -0.2) is 9.79 Å². The minimum atomic E-state index is -5.93. The first-order valence-corrected chi connectivity index (χ1v) is 7.85. The molecule has 0 saturated carbocycles. The molecular formula is C13H11F3N2O6S. The van der Waals surface area contributed by atoms with Gasteiger partial charge >= 0.3 is 21.6 Å². The number of rotatable bonds is 4. The van der Waals surface area contributed by atoms with Gasteiger partial charge in [0.2, 0.25) is 0 Å². The molecule has 3 N–H and O–H groups in total. The molecule has 0 bridgehead atoms. The molecule has 1 heterocycles. The zero-order valence-corrected chi connectivity index (χ0v) is 13.3. The van der Waals surface area contributed by atoms with Crippen LogP contribution in [0.25, 0.3) is 6.08 Å². The maximum absolute atomic E-state index is 12.5. The number of alkyl halides is 3. The van der Waals surface area contributed by atoms with E-state index in [0.29, 0.717) is 0 Å². The molecule has 0 atom stereocenters. The summed E-state index contributed by atoms with van der Waals surface area (Å²) in [6.07, 6.45) is 0.995. The van der Waals surface area contributed by atoms with Gasteiger partial charge in [-0.3, -0.25) is 0 Å². The fourth-order valence-corrected chi connectivity index (χ4v) is 2.39. The second-order valence-electron chi connectivity index (χ2n) is 4.80. The standard InChI is InChI=1S/C13H11F3N2O6S/c1-23-9-3-6-2-7(12(19)20)4-11(17)18-8(6)5-10(9)24-25(21,22)13(14,15)16/h2-3,5H,4H2,1H3,(H2,17,18)(H,19,20). The van der Waals surface area contributed by atoms with Crippen molar-refractivity contribution >= 4 is 33.7 Å². The monoisotopic (exact) mass is 380 g/mol. The highest BCUT2D eigenvalue weighted by Gasteiger charge is 2.49. The van der Waals surface area contributed by atoms with Crippen molar-refractivity contribution in [3.8, 4) is 11.5 Å². The Balaban J connectivity index is 2.61. The molecule has 0 aromatic heterocycles. The van der Waals surface area contributed by atoms with Crippen molar-refractivity contribution in [1.82, 2.24) is 0 Å². The Bertz CT molecular complexity index is 890. The zero-order chi connectivity index (χ0) is 19.0. The van der Waals surface area contributed by atoms with E-state index in [1.165, 1.54) is 6.08 Å². The number of carboxylic acid groups (broad SMARTS) is 1. The van der Waals surface area contributed by atoms with Crippen LogP contribution in [-0.2, 0) is 14.9 Å². The third kappa shape index (κ3) is 3.84. The van der Waals surface area contributed by atoms with Crippen LogP contribution in [0, 0.1) is 0 Å². The second-order valence-corrected chi connectivity index (χ2v) is 6.34. The van der Waals surface area contributed by atoms with Crippen LogP contribution in [0.3, 0.4) is 0 Å². The summed E-state index contributed by atoms with van der Waals surface area (Å²) < 4.78 is 68.7. The van der Waals surface area contributed by atoms with Crippen molar-refractivity contribution in [2.75, 3.05) is 7.11 Å². The maximum Gasteiger partial charge on any atom is 0.534 e. The second kappa shape index (κ2) is 6.27. The van der Waals surface area contributed by atoms with Crippen LogP contribution in [0.2, 0.25) is 0 Å². The minimum Gasteiger partial charge on any atom is -0.493 e. The number of carboxylic acids is 1. The van der Waals surface area contributed by atoms with Crippen LogP contribution in [0.15, 0.2) is 22.7 Å². The van der Waals surface area contributed by atoms with Crippen LogP contribution in [0.5, 0.6) is 11.5 Å². The number of halogens is 3. The Hall–Kier alpha value is -2.76. The van der Waals surface area contributed by atoms with Gasteiger partial charge in [-0.05, 0) is 12.1 Å². The summed E-state index contributed by atoms with van der Waals surface area (Å²) in [5.74, 6) is -2.50. The Morgan fingerprint density at radius 2 is 1.96 bits per heavy atom. The summed E-state index contributed by atoms with van der Waals surface area (Å²) >= 11 is 0. The number of methoxy groups -OCH3 is 1. The summed E-state index contributed by atoms with van der Waals surface area (Å²) in [7, 11) is -4.85. The van der Waals surface area contributed by atoms with Gasteiger partial charge in [0.1, 0.15) is 5.84 Å². The highest BCUT2D eigenvalue weighted by atomic mass is 32.2. The average Bonchev–Trinajstić information content (AvgIpc) is 2.62. The molecule has 25 heavy (non-hydrogen) atoms. The molecule has 8 nitrogen and oxygen atoms in total. The van der Waals surface area contributed by atoms with Gasteiger partial charge in [-0.2, -0.15) is 21.6 Å². The predicted molar refractivity (Wildman–Crippen MR) is 80.1 cm³/mol. The average molecular weight is 380 g/mol. The maximum atomic E-state index is 12.5. The normalized spacial score (nSPS) is 14.7. The summed E-state index contributed by atoms with van der Waals surface area (Å²) in [6.45, 7) is 0. The number of hydrogen-bond acceptors (Lipinski definition) is 7. The summed E-state index contributed by atoms with van der Waals surface area (Å²) in [6, 6.07) is 1.97. The molecule has 0 saturated heterocycles. The van der Waals surface area contributed by atoms with Crippen molar-refractivity contribution in [3.63, 3.8) is 0 Å². The molecular weight excluding hydrogens is 369 g/mol. The van der Waals surface area contributed by atoms with E-state index in [2.05, 4.69) is 9.18 Å². The number of amidine groups is 1. The number of benzene rings is 1. The van der Waals surface area contributed by atoms with Crippen molar-refractivity contribution in [3.05, 3.63) is 23.3 Å². The summed E-state index contributed by atoms with van der Waals surface area (Å²) in [4.78, 5) is 15.0. The van der Waals surface area contributed by atoms with E-state index >= 15 is 0 Å². The summed E-state index contributed by atoms with van der Waals surface area (Å²) in [5, 5.41) is 9.09. The Kier molecular flexibility index (Phi) is 4.66. The highest BCUT2D eigenvalue weighted by molar-refractivity contribution is 7.88. The molecule has 136 valence electrons. The topological polar surface area (TPSA) is 128 Å². The molecule has 0 radical (unpaired) electrons. The van der Waals surface area contributed by atoms with Crippen LogP contribution in [0.4, 0.5) is 18.9 Å². The number of fused-ring (bicyclic) bond motifs is 1. The lowest BCUT2D eigenvalue weighted by Gasteiger charge is -2.14. The van der Waals surface area contributed by atoms with E-state index < -0.39 is 27.3 Å². The van der Waals surface area contributed by atoms with E-state index in [4.69, 9.17) is 15.6 Å². The number of aliphatic carboxylic acids is 1. The van der Waals surface area contributed by atoms with Gasteiger partial charge in [0.25, 0.3) is 0 Å². The molecule has 1 aromatic rings. The predicted octanol–water partition coefficient (Wildman–Crippen LogP) is 1.78. The third-order valence-corrected chi connectivity index (χ3v) is 4.00. The molecule has 0 amide bonds. The molecule has 1 aromatic carbocycles. The van der Waals surface area contributed by atoms with Crippen LogP contribution < -0.4 is 14.7 Å². The number of aliphatic imine (C=N–C) groups is 1. The molecule has 12 heteroatoms. The van der Waals surface area contributed by atoms with E-state index in [0.717, 1.165) is 19.2 Å². The van der Waals surface area contributed by atoms with Gasteiger partial charge in [-0.1, -0.05) is 0 Å². The number of nitrogens with zero attached hydrogens (tertiary/aromatic N) is 1. The third-order valence-electron chi connectivity index (χ3n) is 3.04. The molecule has 0 aliphatic carbocycles. The molecule has 1 aliphatic heterocycles. The van der Waals surface area contributed by atoms with E-state index in [9.17, 15) is 26.4 Å². The van der Waals surface area contributed by atoms with Crippen molar-refractivity contribution < 1.29 is 40.4 Å². The minimum absolute atomic E-state index is 0.0677. The fraction of sp³-hybridized carbons (Fsp3) is 0.231. The van der Waals surface area contributed by atoms with E-state index in [1.54, 1.807) is 0 Å². The quantitative estimate of drug-likeness (QED) is 0.602. The fourth-order valence-electron chi connectivity index (χ4n) is 1.93. The van der Waals surface area contributed by atoms with Crippen molar-refractivity contribution in [2.45, 2.75) is 11.9 Å². The molecule has 0 spiro atoms. The van der Waals surface area contributed by atoms with Gasteiger partial charge in [0, 0.05) is 23.6 Å². The SMILES string of the molecule is COc1cc2c(cc1OS(=O)(=O)C(F)(F)F)N=C(N)CC(C(=O)O)=C2. The summed E-state index contributed by atoms with van der Waals surface area (Å²) in [5.41, 5.74) is -0.0863. The van der Waals surface area contributed by atoms with Crippen molar-refractivity contribution in [1.29, 1.82) is 0 Å². The first-order valence-electron chi connectivity index (χ1n) is 6.44. The number of carbonyl (C=O) groups is 1. The van der Waals surface area contributed by atoms with E-state index in [-0.39, 0.29) is 34.8 Å².